The summed E-state index contributed by atoms with van der Waals surface area (Å²) in [5, 5.41) is 2.66. The second kappa shape index (κ2) is 6.66. The molecule has 8 nitrogen and oxygen atoms in total. The van der Waals surface area contributed by atoms with E-state index >= 15 is 0 Å². The fourth-order valence-corrected chi connectivity index (χ4v) is 1.84. The number of halogens is 1. The van der Waals surface area contributed by atoms with E-state index in [4.69, 9.17) is 17.4 Å². The van der Waals surface area contributed by atoms with Crippen molar-refractivity contribution in [1.29, 1.82) is 0 Å². The lowest BCUT2D eigenvalue weighted by molar-refractivity contribution is 0.0949. The fourth-order valence-electron chi connectivity index (χ4n) is 1.18. The Balaban J connectivity index is 2.58. The molecule has 0 aliphatic rings. The van der Waals surface area contributed by atoms with Crippen molar-refractivity contribution in [2.75, 3.05) is 24.8 Å². The van der Waals surface area contributed by atoms with E-state index in [1.165, 1.54) is 12.1 Å². The molecule has 1 aromatic rings. The second-order valence-electron chi connectivity index (χ2n) is 3.59. The van der Waals surface area contributed by atoms with Crippen LogP contribution in [0.5, 0.6) is 0 Å². The Hall–Kier alpha value is -1.42. The van der Waals surface area contributed by atoms with Gasteiger partial charge in [0.1, 0.15) is 11.5 Å². The van der Waals surface area contributed by atoms with Gasteiger partial charge in [-0.05, 0) is 12.1 Å². The van der Waals surface area contributed by atoms with E-state index in [1.54, 1.807) is 0 Å². The van der Waals surface area contributed by atoms with Crippen LogP contribution in [-0.2, 0) is 10.0 Å². The van der Waals surface area contributed by atoms with Gasteiger partial charge in [-0.2, -0.15) is 0 Å². The molecule has 0 aliphatic heterocycles. The van der Waals surface area contributed by atoms with Crippen LogP contribution in [0, 0.1) is 0 Å². The van der Waals surface area contributed by atoms with Crippen LogP contribution in [0.2, 0.25) is 5.02 Å². The SMILES string of the molecule is CS(=O)(=O)NCCNC(=O)c1nc(NN)ccc1Cl. The molecule has 0 unspecified atom stereocenters. The van der Waals surface area contributed by atoms with Crippen molar-refractivity contribution in [2.45, 2.75) is 0 Å². The van der Waals surface area contributed by atoms with E-state index < -0.39 is 15.9 Å². The van der Waals surface area contributed by atoms with Gasteiger partial charge < -0.3 is 10.7 Å². The van der Waals surface area contributed by atoms with Crippen LogP contribution in [0.1, 0.15) is 10.5 Å². The van der Waals surface area contributed by atoms with Crippen molar-refractivity contribution >= 4 is 33.3 Å². The van der Waals surface area contributed by atoms with Gasteiger partial charge in [0, 0.05) is 13.1 Å². The van der Waals surface area contributed by atoms with E-state index in [-0.39, 0.29) is 23.8 Å². The maximum atomic E-state index is 11.8. The zero-order chi connectivity index (χ0) is 14.5. The highest BCUT2D eigenvalue weighted by Crippen LogP contribution is 2.15. The van der Waals surface area contributed by atoms with E-state index in [0.717, 1.165) is 6.26 Å². The third kappa shape index (κ3) is 5.39. The smallest absolute Gasteiger partial charge is 0.271 e. The first kappa shape index (κ1) is 15.6. The van der Waals surface area contributed by atoms with Gasteiger partial charge in [-0.1, -0.05) is 11.6 Å². The van der Waals surface area contributed by atoms with Crippen molar-refractivity contribution in [2.24, 2.45) is 5.84 Å². The molecule has 0 fully saturated rings. The fraction of sp³-hybridized carbons (Fsp3) is 0.333. The van der Waals surface area contributed by atoms with Crippen LogP contribution >= 0.6 is 11.6 Å². The van der Waals surface area contributed by atoms with Gasteiger partial charge >= 0.3 is 0 Å². The number of carbonyl (C=O) groups is 1. The van der Waals surface area contributed by atoms with Crippen LogP contribution in [0.15, 0.2) is 12.1 Å². The van der Waals surface area contributed by atoms with Gasteiger partial charge in [0.05, 0.1) is 11.3 Å². The van der Waals surface area contributed by atoms with Crippen LogP contribution in [0.3, 0.4) is 0 Å². The molecular formula is C9H14ClN5O3S. The molecule has 1 heterocycles. The first-order valence-corrected chi connectivity index (χ1v) is 7.46. The second-order valence-corrected chi connectivity index (χ2v) is 5.83. The van der Waals surface area contributed by atoms with Gasteiger partial charge in [0.25, 0.3) is 5.91 Å². The van der Waals surface area contributed by atoms with Crippen LogP contribution in [-0.4, -0.2) is 38.7 Å². The van der Waals surface area contributed by atoms with Crippen LogP contribution in [0.4, 0.5) is 5.82 Å². The molecule has 1 rings (SSSR count). The Bertz CT molecular complexity index is 563. The number of sulfonamides is 1. The molecule has 5 N–H and O–H groups in total. The Labute approximate surface area is 115 Å². The molecule has 0 atom stereocenters. The number of amides is 1. The van der Waals surface area contributed by atoms with Crippen LogP contribution < -0.4 is 21.3 Å². The molecular weight excluding hydrogens is 294 g/mol. The van der Waals surface area contributed by atoms with Gasteiger partial charge in [0.2, 0.25) is 10.0 Å². The normalized spacial score (nSPS) is 11.1. The number of hydrogen-bond acceptors (Lipinski definition) is 6. The number of rotatable bonds is 6. The third-order valence-electron chi connectivity index (χ3n) is 1.98. The number of nitrogens with two attached hydrogens (primary N) is 1. The largest absolute Gasteiger partial charge is 0.349 e. The lowest BCUT2D eigenvalue weighted by Gasteiger charge is -2.07. The molecule has 1 amide bonds. The molecule has 19 heavy (non-hydrogen) atoms. The first-order chi connectivity index (χ1) is 8.83. The number of aromatic nitrogens is 1. The predicted molar refractivity (Wildman–Crippen MR) is 72.2 cm³/mol. The minimum Gasteiger partial charge on any atom is -0.349 e. The lowest BCUT2D eigenvalue weighted by Crippen LogP contribution is -2.34. The number of hydrazine groups is 1. The van der Waals surface area contributed by atoms with Crippen molar-refractivity contribution in [3.05, 3.63) is 22.8 Å². The number of carbonyl (C=O) groups excluding carboxylic acids is 1. The first-order valence-electron chi connectivity index (χ1n) is 5.19. The third-order valence-corrected chi connectivity index (χ3v) is 3.02. The summed E-state index contributed by atoms with van der Waals surface area (Å²) in [6.07, 6.45) is 1.03. The molecule has 0 aromatic carbocycles. The average Bonchev–Trinajstić information content (AvgIpc) is 2.34. The highest BCUT2D eigenvalue weighted by Gasteiger charge is 2.12. The summed E-state index contributed by atoms with van der Waals surface area (Å²) in [6.45, 7) is 0.196. The molecule has 0 bridgehead atoms. The van der Waals surface area contributed by atoms with Gasteiger partial charge in [-0.15, -0.1) is 0 Å². The summed E-state index contributed by atoms with van der Waals surface area (Å²) in [5.41, 5.74) is 2.31. The number of hydrogen-bond donors (Lipinski definition) is 4. The van der Waals surface area contributed by atoms with Crippen molar-refractivity contribution < 1.29 is 13.2 Å². The molecule has 10 heteroatoms. The minimum absolute atomic E-state index is 0.0106. The maximum absolute atomic E-state index is 11.8. The van der Waals surface area contributed by atoms with Gasteiger partial charge in [0.15, 0.2) is 0 Å². The number of pyridine rings is 1. The van der Waals surface area contributed by atoms with E-state index in [1.807, 2.05) is 0 Å². The summed E-state index contributed by atoms with van der Waals surface area (Å²) in [6, 6.07) is 3.00. The summed E-state index contributed by atoms with van der Waals surface area (Å²) >= 11 is 5.83. The zero-order valence-electron chi connectivity index (χ0n) is 10.1. The van der Waals surface area contributed by atoms with E-state index in [2.05, 4.69) is 20.4 Å². The van der Waals surface area contributed by atoms with Gasteiger partial charge in [-0.3, -0.25) is 4.79 Å². The molecule has 106 valence electrons. The highest BCUT2D eigenvalue weighted by atomic mass is 35.5. The number of nitrogens with one attached hydrogen (secondary N) is 3. The van der Waals surface area contributed by atoms with Crippen molar-refractivity contribution in [3.63, 3.8) is 0 Å². The predicted octanol–water partition coefficient (Wildman–Crippen LogP) is -0.700. The Morgan fingerprint density at radius 3 is 2.68 bits per heavy atom. The summed E-state index contributed by atoms with van der Waals surface area (Å²) < 4.78 is 23.8. The Kier molecular flexibility index (Phi) is 5.48. The van der Waals surface area contributed by atoms with Crippen molar-refractivity contribution in [1.82, 2.24) is 15.0 Å². The maximum Gasteiger partial charge on any atom is 0.271 e. The molecule has 1 aromatic heterocycles. The monoisotopic (exact) mass is 307 g/mol. The standard InChI is InChI=1S/C9H14ClN5O3S/c1-19(17,18)13-5-4-12-9(16)8-6(10)2-3-7(14-8)15-11/h2-3,13H,4-5,11H2,1H3,(H,12,16)(H,14,15). The Morgan fingerprint density at radius 1 is 1.42 bits per heavy atom. The summed E-state index contributed by atoms with van der Waals surface area (Å²) in [7, 11) is -3.28. The zero-order valence-corrected chi connectivity index (χ0v) is 11.7. The molecule has 0 radical (unpaired) electrons. The quantitative estimate of drug-likeness (QED) is 0.313. The lowest BCUT2D eigenvalue weighted by atomic mass is 10.3. The van der Waals surface area contributed by atoms with Crippen LogP contribution in [0.25, 0.3) is 0 Å². The number of nitrogen functional groups attached to an aromatic ring is 1. The van der Waals surface area contributed by atoms with Gasteiger partial charge in [-0.25, -0.2) is 24.0 Å². The molecule has 0 aliphatic carbocycles. The average molecular weight is 308 g/mol. The molecule has 0 saturated carbocycles. The minimum atomic E-state index is -3.28. The highest BCUT2D eigenvalue weighted by molar-refractivity contribution is 7.88. The van der Waals surface area contributed by atoms with E-state index in [0.29, 0.717) is 5.82 Å². The topological polar surface area (TPSA) is 126 Å². The summed E-state index contributed by atoms with van der Waals surface area (Å²) in [4.78, 5) is 15.7. The van der Waals surface area contributed by atoms with Crippen molar-refractivity contribution in [3.8, 4) is 0 Å². The van der Waals surface area contributed by atoms with E-state index in [9.17, 15) is 13.2 Å². The molecule has 0 spiro atoms. The molecule has 0 saturated heterocycles. The number of nitrogens with zero attached hydrogens (tertiary/aromatic N) is 1. The Morgan fingerprint density at radius 2 is 2.11 bits per heavy atom. The summed E-state index contributed by atoms with van der Waals surface area (Å²) in [5.74, 6) is 4.95. The number of anilines is 1.